The van der Waals surface area contributed by atoms with Crippen LogP contribution in [0.2, 0.25) is 0 Å². The molecule has 1 heterocycles. The van der Waals surface area contributed by atoms with Gasteiger partial charge in [0.1, 0.15) is 17.8 Å². The fraction of sp³-hybridized carbons (Fsp3) is 0.655. The number of Topliss-reactive ketones (excluding diaryl/α,β-unsaturated/α-hetero) is 2. The molecule has 1 aromatic carbocycles. The topological polar surface area (TPSA) is 157 Å². The fourth-order valence-electron chi connectivity index (χ4n) is 7.95. The number of hydrogen-bond donors (Lipinski definition) is 3. The zero-order chi connectivity index (χ0) is 28.7. The van der Waals surface area contributed by atoms with Gasteiger partial charge in [0.2, 0.25) is 11.6 Å². The van der Waals surface area contributed by atoms with Crippen molar-refractivity contribution >= 4 is 23.5 Å². The highest BCUT2D eigenvalue weighted by Gasteiger charge is 2.78. The molecule has 0 spiro atoms. The number of esters is 2. The second-order valence-corrected chi connectivity index (χ2v) is 12.5. The first-order valence-corrected chi connectivity index (χ1v) is 13.4. The van der Waals surface area contributed by atoms with Crippen molar-refractivity contribution in [3.8, 4) is 0 Å². The van der Waals surface area contributed by atoms with E-state index in [-0.39, 0.29) is 25.0 Å². The highest BCUT2D eigenvalue weighted by Crippen LogP contribution is 2.64. The van der Waals surface area contributed by atoms with Gasteiger partial charge in [0.05, 0.1) is 35.7 Å². The van der Waals surface area contributed by atoms with Crippen molar-refractivity contribution in [2.45, 2.75) is 83.1 Å². The molecule has 3 aliphatic carbocycles. The average Bonchev–Trinajstić information content (AvgIpc) is 2.87. The number of aliphatic hydroxyl groups excluding tert-OH is 2. The molecule has 3 N–H and O–H groups in total. The third-order valence-electron chi connectivity index (χ3n) is 10.2. The Balaban J connectivity index is 1.80. The molecule has 10 heteroatoms. The van der Waals surface area contributed by atoms with Gasteiger partial charge >= 0.3 is 11.9 Å². The number of ketones is 2. The second kappa shape index (κ2) is 8.92. The molecule has 5 rings (SSSR count). The Morgan fingerprint density at radius 2 is 1.72 bits per heavy atom. The molecular formula is C29H36O10. The van der Waals surface area contributed by atoms with Gasteiger partial charge in [-0.25, -0.2) is 4.79 Å². The monoisotopic (exact) mass is 544 g/mol. The van der Waals surface area contributed by atoms with Crippen LogP contribution in [0.4, 0.5) is 0 Å². The quantitative estimate of drug-likeness (QED) is 0.373. The minimum Gasteiger partial charge on any atom is -0.455 e. The summed E-state index contributed by atoms with van der Waals surface area (Å²) >= 11 is 0. The number of fused-ring (bicyclic) bond motifs is 5. The molecule has 10 nitrogen and oxygen atoms in total. The lowest BCUT2D eigenvalue weighted by atomic mass is 9.42. The normalized spacial score (nSPS) is 44.6. The number of rotatable bonds is 3. The van der Waals surface area contributed by atoms with Gasteiger partial charge in [-0.1, -0.05) is 39.0 Å². The molecule has 0 amide bonds. The van der Waals surface area contributed by atoms with Crippen molar-refractivity contribution in [3.63, 3.8) is 0 Å². The average molecular weight is 545 g/mol. The van der Waals surface area contributed by atoms with Crippen molar-refractivity contribution in [2.75, 3.05) is 6.61 Å². The standard InChI is InChI=1S/C29H36O10/c1-14-17(31)12-29(36)24(38-25(35)16-9-7-6-8-10-16)22-27(5,23(34)21(33)20(14)26(29,3)4)18(32)11-19-28(22,13-37-19)39-15(2)30/h6-10,14,17-20,22,24,31-32,36H,11-13H2,1-5H3/t14?,17-,18-,19?,20?,22?,24-,27+,28-,29+/m0/s1. The molecule has 4 fully saturated rings. The maximum atomic E-state index is 14.2. The lowest BCUT2D eigenvalue weighted by Crippen LogP contribution is -2.82. The van der Waals surface area contributed by atoms with Crippen LogP contribution in [-0.2, 0) is 28.6 Å². The SMILES string of the molecule is CC(=O)O[C@@]12COC1C[C@H](O)[C@@]1(C)C(=O)C(=O)C3C(C)[C@@H](O)C[C@@](O)([C@@H](OC(=O)c4ccccc4)C21)C3(C)C. The van der Waals surface area contributed by atoms with E-state index in [4.69, 9.17) is 14.2 Å². The van der Waals surface area contributed by atoms with Crippen molar-refractivity contribution < 1.29 is 48.7 Å². The Hall–Kier alpha value is -2.66. The van der Waals surface area contributed by atoms with Crippen LogP contribution < -0.4 is 0 Å². The van der Waals surface area contributed by atoms with Crippen LogP contribution in [0.1, 0.15) is 57.8 Å². The van der Waals surface area contributed by atoms with E-state index in [1.807, 2.05) is 0 Å². The summed E-state index contributed by atoms with van der Waals surface area (Å²) < 4.78 is 17.7. The van der Waals surface area contributed by atoms with Gasteiger partial charge in [0.15, 0.2) is 5.60 Å². The molecule has 10 atom stereocenters. The third-order valence-corrected chi connectivity index (χ3v) is 10.2. The molecule has 2 bridgehead atoms. The van der Waals surface area contributed by atoms with Gasteiger partial charge in [-0.05, 0) is 25.0 Å². The summed E-state index contributed by atoms with van der Waals surface area (Å²) in [5.41, 5.74) is -6.75. The lowest BCUT2D eigenvalue weighted by molar-refractivity contribution is -0.349. The van der Waals surface area contributed by atoms with Crippen molar-refractivity contribution in [1.82, 2.24) is 0 Å². The summed E-state index contributed by atoms with van der Waals surface area (Å²) in [6.07, 6.45) is -5.48. The van der Waals surface area contributed by atoms with E-state index in [1.54, 1.807) is 39.0 Å². The predicted molar refractivity (Wildman–Crippen MR) is 134 cm³/mol. The van der Waals surface area contributed by atoms with Gasteiger partial charge in [-0.2, -0.15) is 0 Å². The van der Waals surface area contributed by atoms with Crippen LogP contribution in [-0.4, -0.2) is 81.0 Å². The minimum atomic E-state index is -2.07. The largest absolute Gasteiger partial charge is 0.455 e. The van der Waals surface area contributed by atoms with Gasteiger partial charge in [0.25, 0.3) is 0 Å². The lowest BCUT2D eigenvalue weighted by Gasteiger charge is -2.67. The maximum Gasteiger partial charge on any atom is 0.338 e. The highest BCUT2D eigenvalue weighted by atomic mass is 16.6. The van der Waals surface area contributed by atoms with Crippen LogP contribution in [0.5, 0.6) is 0 Å². The molecule has 212 valence electrons. The van der Waals surface area contributed by atoms with E-state index < -0.39 is 87.7 Å². The van der Waals surface area contributed by atoms with Gasteiger partial charge in [-0.3, -0.25) is 14.4 Å². The molecule has 3 saturated carbocycles. The first-order chi connectivity index (χ1) is 18.1. The summed E-state index contributed by atoms with van der Waals surface area (Å²) in [5.74, 6) is -6.47. The van der Waals surface area contributed by atoms with Crippen molar-refractivity contribution in [2.24, 2.45) is 28.6 Å². The molecule has 0 aromatic heterocycles. The highest BCUT2D eigenvalue weighted by molar-refractivity contribution is 6.40. The summed E-state index contributed by atoms with van der Waals surface area (Å²) in [5, 5.41) is 35.2. The van der Waals surface area contributed by atoms with Crippen LogP contribution >= 0.6 is 0 Å². The van der Waals surface area contributed by atoms with Crippen LogP contribution in [0.3, 0.4) is 0 Å². The summed E-state index contributed by atoms with van der Waals surface area (Å²) in [6.45, 7) is 7.28. The number of carbonyl (C=O) groups is 4. The van der Waals surface area contributed by atoms with E-state index >= 15 is 0 Å². The third kappa shape index (κ3) is 3.61. The van der Waals surface area contributed by atoms with E-state index in [0.717, 1.165) is 0 Å². The molecule has 1 aromatic rings. The van der Waals surface area contributed by atoms with E-state index in [9.17, 15) is 34.5 Å². The number of carbonyl (C=O) groups excluding carboxylic acids is 4. The Kier molecular flexibility index (Phi) is 6.38. The van der Waals surface area contributed by atoms with E-state index in [1.165, 1.54) is 26.0 Å². The zero-order valence-electron chi connectivity index (χ0n) is 22.7. The second-order valence-electron chi connectivity index (χ2n) is 12.5. The fourth-order valence-corrected chi connectivity index (χ4v) is 7.95. The minimum absolute atomic E-state index is 0.108. The van der Waals surface area contributed by atoms with Crippen LogP contribution in [0.15, 0.2) is 30.3 Å². The van der Waals surface area contributed by atoms with Crippen molar-refractivity contribution in [1.29, 1.82) is 0 Å². The molecule has 4 unspecified atom stereocenters. The summed E-state index contributed by atoms with van der Waals surface area (Å²) in [4.78, 5) is 54.2. The van der Waals surface area contributed by atoms with Crippen molar-refractivity contribution in [3.05, 3.63) is 35.9 Å². The summed E-state index contributed by atoms with van der Waals surface area (Å²) in [7, 11) is 0. The van der Waals surface area contributed by atoms with E-state index in [0.29, 0.717) is 0 Å². The Morgan fingerprint density at radius 1 is 1.08 bits per heavy atom. The number of benzene rings is 1. The number of hydrogen-bond acceptors (Lipinski definition) is 10. The van der Waals surface area contributed by atoms with E-state index in [2.05, 4.69) is 0 Å². The smallest absolute Gasteiger partial charge is 0.338 e. The first kappa shape index (κ1) is 27.9. The maximum absolute atomic E-state index is 14.2. The molecule has 4 aliphatic rings. The van der Waals surface area contributed by atoms with Gasteiger partial charge < -0.3 is 29.5 Å². The Labute approximate surface area is 226 Å². The number of ether oxygens (including phenoxy) is 3. The molecule has 39 heavy (non-hydrogen) atoms. The molecule has 0 radical (unpaired) electrons. The van der Waals surface area contributed by atoms with Crippen LogP contribution in [0, 0.1) is 28.6 Å². The van der Waals surface area contributed by atoms with Gasteiger partial charge in [0, 0.05) is 31.1 Å². The molecular weight excluding hydrogens is 508 g/mol. The Morgan fingerprint density at radius 3 is 2.28 bits per heavy atom. The van der Waals surface area contributed by atoms with Gasteiger partial charge in [-0.15, -0.1) is 0 Å². The zero-order valence-corrected chi connectivity index (χ0v) is 22.7. The van der Waals surface area contributed by atoms with Crippen LogP contribution in [0.25, 0.3) is 0 Å². The molecule has 1 saturated heterocycles. The Bertz CT molecular complexity index is 1210. The first-order valence-electron chi connectivity index (χ1n) is 13.4. The molecule has 1 aliphatic heterocycles. The summed E-state index contributed by atoms with van der Waals surface area (Å²) in [6, 6.07) is 8.06. The predicted octanol–water partition coefficient (Wildman–Crippen LogP) is 1.23. The number of aliphatic hydroxyl groups is 3.